The van der Waals surface area contributed by atoms with Crippen LogP contribution in [0.25, 0.3) is 0 Å². The standard InChI is InChI=1S/C6H12OS2/c1-5(2)6(7)3-4-9-8/h5,8H,3-4H2,1-2H3. The molecule has 3 heteroatoms. The summed E-state index contributed by atoms with van der Waals surface area (Å²) >= 11 is 3.93. The van der Waals surface area contributed by atoms with E-state index in [4.69, 9.17) is 0 Å². The molecule has 54 valence electrons. The maximum absolute atomic E-state index is 10.9. The first kappa shape index (κ1) is 9.37. The maximum Gasteiger partial charge on any atom is 0.136 e. The lowest BCUT2D eigenvalue weighted by Gasteiger charge is -2.00. The van der Waals surface area contributed by atoms with E-state index in [1.165, 1.54) is 10.8 Å². The highest BCUT2D eigenvalue weighted by molar-refractivity contribution is 8.68. The Balaban J connectivity index is 3.28. The van der Waals surface area contributed by atoms with Crippen molar-refractivity contribution in [3.63, 3.8) is 0 Å². The molecule has 0 aromatic heterocycles. The lowest BCUT2D eigenvalue weighted by molar-refractivity contribution is -0.121. The topological polar surface area (TPSA) is 17.1 Å². The number of ketones is 1. The number of carbonyl (C=O) groups excluding carboxylic acids is 1. The van der Waals surface area contributed by atoms with Gasteiger partial charge >= 0.3 is 0 Å². The summed E-state index contributed by atoms with van der Waals surface area (Å²) in [6.45, 7) is 3.84. The summed E-state index contributed by atoms with van der Waals surface area (Å²) in [5, 5.41) is 0. The zero-order chi connectivity index (χ0) is 7.28. The van der Waals surface area contributed by atoms with Crippen molar-refractivity contribution < 1.29 is 4.79 Å². The number of rotatable bonds is 4. The monoisotopic (exact) mass is 164 g/mol. The van der Waals surface area contributed by atoms with Crippen molar-refractivity contribution in [2.75, 3.05) is 5.75 Å². The van der Waals surface area contributed by atoms with Crippen molar-refractivity contribution >= 4 is 28.2 Å². The second kappa shape index (κ2) is 5.18. The summed E-state index contributed by atoms with van der Waals surface area (Å²) in [5.41, 5.74) is 0. The molecule has 0 aliphatic heterocycles. The Morgan fingerprint density at radius 3 is 2.56 bits per heavy atom. The number of thiol groups is 1. The zero-order valence-electron chi connectivity index (χ0n) is 5.76. The van der Waals surface area contributed by atoms with Crippen LogP contribution in [0.4, 0.5) is 0 Å². The van der Waals surface area contributed by atoms with Crippen LogP contribution in [-0.2, 0) is 4.79 Å². The van der Waals surface area contributed by atoms with Gasteiger partial charge in [-0.2, -0.15) is 0 Å². The van der Waals surface area contributed by atoms with E-state index in [0.717, 1.165) is 5.75 Å². The molecule has 0 bridgehead atoms. The SMILES string of the molecule is CC(C)C(=O)CCSS. The molecule has 0 aliphatic rings. The fourth-order valence-electron chi connectivity index (χ4n) is 0.435. The lowest BCUT2D eigenvalue weighted by atomic mass is 10.1. The van der Waals surface area contributed by atoms with Crippen molar-refractivity contribution in [2.45, 2.75) is 20.3 Å². The van der Waals surface area contributed by atoms with Crippen molar-refractivity contribution in [1.82, 2.24) is 0 Å². The summed E-state index contributed by atoms with van der Waals surface area (Å²) in [4.78, 5) is 10.9. The largest absolute Gasteiger partial charge is 0.299 e. The highest BCUT2D eigenvalue weighted by Gasteiger charge is 2.04. The molecule has 0 N–H and O–H groups in total. The molecule has 0 amide bonds. The van der Waals surface area contributed by atoms with Gasteiger partial charge in [0, 0.05) is 18.1 Å². The Morgan fingerprint density at radius 1 is 1.67 bits per heavy atom. The molecule has 0 aromatic rings. The number of hydrogen-bond donors (Lipinski definition) is 1. The van der Waals surface area contributed by atoms with Gasteiger partial charge in [0.05, 0.1) is 0 Å². The van der Waals surface area contributed by atoms with Crippen LogP contribution in [0.2, 0.25) is 0 Å². The molecule has 0 rings (SSSR count). The molecule has 0 saturated heterocycles. The quantitative estimate of drug-likeness (QED) is 0.506. The van der Waals surface area contributed by atoms with E-state index in [9.17, 15) is 4.79 Å². The molecule has 0 unspecified atom stereocenters. The number of carbonyl (C=O) groups is 1. The first-order valence-electron chi connectivity index (χ1n) is 2.97. The molecule has 0 aromatic carbocycles. The van der Waals surface area contributed by atoms with Crippen molar-refractivity contribution in [3.05, 3.63) is 0 Å². The van der Waals surface area contributed by atoms with E-state index >= 15 is 0 Å². The fraction of sp³-hybridized carbons (Fsp3) is 0.833. The van der Waals surface area contributed by atoms with Crippen LogP contribution in [-0.4, -0.2) is 11.5 Å². The Hall–Kier alpha value is 0.370. The molecule has 9 heavy (non-hydrogen) atoms. The van der Waals surface area contributed by atoms with Gasteiger partial charge in [-0.05, 0) is 0 Å². The molecule has 0 fully saturated rings. The summed E-state index contributed by atoms with van der Waals surface area (Å²) in [6, 6.07) is 0. The molecule has 0 saturated carbocycles. The summed E-state index contributed by atoms with van der Waals surface area (Å²) in [6.07, 6.45) is 0.659. The average molecular weight is 164 g/mol. The minimum absolute atomic E-state index is 0.186. The third-order valence-corrected chi connectivity index (χ3v) is 2.02. The molecule has 0 aliphatic carbocycles. The van der Waals surface area contributed by atoms with Gasteiger partial charge in [-0.1, -0.05) is 24.6 Å². The lowest BCUT2D eigenvalue weighted by Crippen LogP contribution is -2.06. The summed E-state index contributed by atoms with van der Waals surface area (Å²) in [5.74, 6) is 1.35. The first-order chi connectivity index (χ1) is 4.18. The van der Waals surface area contributed by atoms with E-state index in [1.54, 1.807) is 0 Å². The van der Waals surface area contributed by atoms with Gasteiger partial charge in [-0.15, -0.1) is 11.7 Å². The van der Waals surface area contributed by atoms with Gasteiger partial charge in [0.1, 0.15) is 5.78 Å². The zero-order valence-corrected chi connectivity index (χ0v) is 7.47. The minimum atomic E-state index is 0.186. The van der Waals surface area contributed by atoms with Gasteiger partial charge < -0.3 is 0 Å². The van der Waals surface area contributed by atoms with E-state index in [1.807, 2.05) is 13.8 Å². The average Bonchev–Trinajstić information content (AvgIpc) is 1.82. The summed E-state index contributed by atoms with van der Waals surface area (Å²) < 4.78 is 0. The molecular weight excluding hydrogens is 152 g/mol. The van der Waals surface area contributed by atoms with Crippen molar-refractivity contribution in [2.24, 2.45) is 5.92 Å². The van der Waals surface area contributed by atoms with Gasteiger partial charge in [-0.25, -0.2) is 0 Å². The molecule has 0 atom stereocenters. The minimum Gasteiger partial charge on any atom is -0.299 e. The van der Waals surface area contributed by atoms with Crippen molar-refractivity contribution in [1.29, 1.82) is 0 Å². The van der Waals surface area contributed by atoms with Crippen LogP contribution in [0.5, 0.6) is 0 Å². The van der Waals surface area contributed by atoms with E-state index in [-0.39, 0.29) is 5.92 Å². The van der Waals surface area contributed by atoms with Gasteiger partial charge in [0.25, 0.3) is 0 Å². The van der Waals surface area contributed by atoms with Crippen LogP contribution in [0, 0.1) is 5.92 Å². The molecule has 0 spiro atoms. The highest BCUT2D eigenvalue weighted by Crippen LogP contribution is 2.08. The smallest absolute Gasteiger partial charge is 0.136 e. The Labute approximate surface area is 65.4 Å². The van der Waals surface area contributed by atoms with E-state index in [0.29, 0.717) is 12.2 Å². The first-order valence-corrected chi connectivity index (χ1v) is 5.01. The van der Waals surface area contributed by atoms with Gasteiger partial charge in [0.2, 0.25) is 0 Å². The second-order valence-corrected chi connectivity index (χ2v) is 3.65. The normalized spacial score (nSPS) is 10.2. The molecule has 0 heterocycles. The predicted octanol–water partition coefficient (Wildman–Crippen LogP) is 2.18. The Kier molecular flexibility index (Phi) is 5.39. The summed E-state index contributed by atoms with van der Waals surface area (Å²) in [7, 11) is 1.42. The van der Waals surface area contributed by atoms with Crippen molar-refractivity contribution in [3.8, 4) is 0 Å². The van der Waals surface area contributed by atoms with Crippen LogP contribution in [0.15, 0.2) is 0 Å². The van der Waals surface area contributed by atoms with Crippen LogP contribution in [0.3, 0.4) is 0 Å². The number of hydrogen-bond acceptors (Lipinski definition) is 3. The van der Waals surface area contributed by atoms with Crippen LogP contribution in [0.1, 0.15) is 20.3 Å². The molecule has 0 radical (unpaired) electrons. The molecular formula is C6H12OS2. The predicted molar refractivity (Wildman–Crippen MR) is 45.9 cm³/mol. The van der Waals surface area contributed by atoms with Gasteiger partial charge in [0.15, 0.2) is 0 Å². The Morgan fingerprint density at radius 2 is 2.22 bits per heavy atom. The third-order valence-electron chi connectivity index (χ3n) is 1.08. The van der Waals surface area contributed by atoms with Crippen LogP contribution >= 0.6 is 22.5 Å². The van der Waals surface area contributed by atoms with E-state index < -0.39 is 0 Å². The molecule has 1 nitrogen and oxygen atoms in total. The van der Waals surface area contributed by atoms with Crippen LogP contribution < -0.4 is 0 Å². The second-order valence-electron chi connectivity index (χ2n) is 2.20. The third kappa shape index (κ3) is 4.85. The number of Topliss-reactive ketones (excluding diaryl/α,β-unsaturated/α-hetero) is 1. The van der Waals surface area contributed by atoms with E-state index in [2.05, 4.69) is 11.7 Å². The fourth-order valence-corrected chi connectivity index (χ4v) is 1.00. The maximum atomic E-state index is 10.9. The Bertz CT molecular complexity index is 91.1. The van der Waals surface area contributed by atoms with Gasteiger partial charge in [-0.3, -0.25) is 4.79 Å². The highest BCUT2D eigenvalue weighted by atomic mass is 33.1.